The number of carbonyl (C=O) groups is 3. The van der Waals surface area contributed by atoms with Crippen LogP contribution in [-0.2, 0) is 4.79 Å². The van der Waals surface area contributed by atoms with Gasteiger partial charge in [-0.05, 0) is 43.5 Å². The van der Waals surface area contributed by atoms with Gasteiger partial charge in [0, 0.05) is 11.6 Å². The van der Waals surface area contributed by atoms with Crippen molar-refractivity contribution in [2.24, 2.45) is 0 Å². The quantitative estimate of drug-likeness (QED) is 0.772. The van der Waals surface area contributed by atoms with E-state index in [1.165, 1.54) is 18.6 Å². The lowest BCUT2D eigenvalue weighted by molar-refractivity contribution is -0.121. The van der Waals surface area contributed by atoms with Gasteiger partial charge in [-0.1, -0.05) is 19.3 Å². The largest absolute Gasteiger partial charge is 0.478 e. The molecule has 1 saturated carbocycles. The number of aromatic carboxylic acids is 1. The Labute approximate surface area is 135 Å². The number of carbonyl (C=O) groups excluding carboxylic acids is 2. The van der Waals surface area contributed by atoms with Gasteiger partial charge in [0.25, 0.3) is 5.91 Å². The Hall–Kier alpha value is -2.37. The minimum atomic E-state index is -1.09. The molecule has 0 aromatic heterocycles. The molecule has 0 atom stereocenters. The van der Waals surface area contributed by atoms with Gasteiger partial charge in [-0.15, -0.1) is 0 Å². The highest BCUT2D eigenvalue weighted by Crippen LogP contribution is 2.17. The number of aryl methyl sites for hydroxylation is 1. The smallest absolute Gasteiger partial charge is 0.335 e. The van der Waals surface area contributed by atoms with Gasteiger partial charge in [-0.3, -0.25) is 9.59 Å². The SMILES string of the molecule is Cc1cc(C(=O)O)cc(C(=O)NCC(=O)NC2CCCCC2)c1. The average molecular weight is 318 g/mol. The summed E-state index contributed by atoms with van der Waals surface area (Å²) >= 11 is 0. The second kappa shape index (κ2) is 7.76. The molecule has 6 nitrogen and oxygen atoms in total. The van der Waals surface area contributed by atoms with E-state index >= 15 is 0 Å². The number of benzene rings is 1. The lowest BCUT2D eigenvalue weighted by atomic mass is 9.95. The second-order valence-corrected chi connectivity index (χ2v) is 5.98. The highest BCUT2D eigenvalue weighted by atomic mass is 16.4. The minimum absolute atomic E-state index is 0.0572. The van der Waals surface area contributed by atoms with Crippen molar-refractivity contribution in [2.45, 2.75) is 45.1 Å². The summed E-state index contributed by atoms with van der Waals surface area (Å²) < 4.78 is 0. The van der Waals surface area contributed by atoms with Gasteiger partial charge < -0.3 is 15.7 Å². The number of carboxylic acids is 1. The zero-order valence-corrected chi connectivity index (χ0v) is 13.2. The molecule has 1 fully saturated rings. The van der Waals surface area contributed by atoms with Crippen molar-refractivity contribution in [1.82, 2.24) is 10.6 Å². The first-order chi connectivity index (χ1) is 11.0. The van der Waals surface area contributed by atoms with Gasteiger partial charge in [-0.2, -0.15) is 0 Å². The van der Waals surface area contributed by atoms with E-state index in [2.05, 4.69) is 10.6 Å². The number of rotatable bonds is 5. The van der Waals surface area contributed by atoms with Crippen LogP contribution in [0.1, 0.15) is 58.4 Å². The Balaban J connectivity index is 1.89. The Morgan fingerprint density at radius 3 is 2.39 bits per heavy atom. The van der Waals surface area contributed by atoms with Crippen molar-refractivity contribution in [3.8, 4) is 0 Å². The molecule has 2 amide bonds. The first-order valence-corrected chi connectivity index (χ1v) is 7.88. The van der Waals surface area contributed by atoms with E-state index < -0.39 is 11.9 Å². The van der Waals surface area contributed by atoms with Crippen molar-refractivity contribution < 1.29 is 19.5 Å². The number of nitrogens with one attached hydrogen (secondary N) is 2. The Bertz CT molecular complexity index is 607. The summed E-state index contributed by atoms with van der Waals surface area (Å²) in [4.78, 5) is 35.0. The summed E-state index contributed by atoms with van der Waals surface area (Å²) in [6.45, 7) is 1.62. The molecule has 0 radical (unpaired) electrons. The molecule has 1 aliphatic rings. The second-order valence-electron chi connectivity index (χ2n) is 5.98. The van der Waals surface area contributed by atoms with E-state index in [1.807, 2.05) is 0 Å². The maximum Gasteiger partial charge on any atom is 0.335 e. The summed E-state index contributed by atoms with van der Waals surface area (Å²) in [6, 6.07) is 4.60. The lowest BCUT2D eigenvalue weighted by Gasteiger charge is -2.22. The van der Waals surface area contributed by atoms with Crippen LogP contribution in [-0.4, -0.2) is 35.5 Å². The molecular formula is C17H22N2O4. The van der Waals surface area contributed by atoms with Gasteiger partial charge in [0.15, 0.2) is 0 Å². The molecule has 1 aliphatic carbocycles. The van der Waals surface area contributed by atoms with Gasteiger partial charge >= 0.3 is 5.97 Å². The molecule has 0 aliphatic heterocycles. The summed E-state index contributed by atoms with van der Waals surface area (Å²) in [7, 11) is 0. The number of hydrogen-bond acceptors (Lipinski definition) is 3. The lowest BCUT2D eigenvalue weighted by Crippen LogP contribution is -2.42. The minimum Gasteiger partial charge on any atom is -0.478 e. The third-order valence-corrected chi connectivity index (χ3v) is 3.97. The molecular weight excluding hydrogens is 296 g/mol. The first-order valence-electron chi connectivity index (χ1n) is 7.88. The first kappa shape index (κ1) is 17.0. The molecule has 3 N–H and O–H groups in total. The van der Waals surface area contributed by atoms with E-state index in [1.54, 1.807) is 13.0 Å². The van der Waals surface area contributed by atoms with E-state index in [0.29, 0.717) is 5.56 Å². The fraction of sp³-hybridized carbons (Fsp3) is 0.471. The highest BCUT2D eigenvalue weighted by molar-refractivity contribution is 5.99. The standard InChI is InChI=1S/C17H22N2O4/c1-11-7-12(9-13(8-11)17(22)23)16(21)18-10-15(20)19-14-5-3-2-4-6-14/h7-9,14H,2-6,10H2,1H3,(H,18,21)(H,19,20)(H,22,23). The third kappa shape index (κ3) is 5.09. The van der Waals surface area contributed by atoms with E-state index in [0.717, 1.165) is 25.7 Å². The Kier molecular flexibility index (Phi) is 5.73. The predicted octanol–water partition coefficient (Wildman–Crippen LogP) is 1.87. The van der Waals surface area contributed by atoms with Crippen LogP contribution in [0.2, 0.25) is 0 Å². The maximum absolute atomic E-state index is 12.1. The Morgan fingerprint density at radius 2 is 1.74 bits per heavy atom. The van der Waals surface area contributed by atoms with Gasteiger partial charge in [0.1, 0.15) is 0 Å². The molecule has 0 heterocycles. The molecule has 124 valence electrons. The summed E-state index contributed by atoms with van der Waals surface area (Å²) in [6.07, 6.45) is 5.43. The zero-order valence-electron chi connectivity index (χ0n) is 13.2. The summed E-state index contributed by atoms with van der Waals surface area (Å²) in [5.41, 5.74) is 0.983. The van der Waals surface area contributed by atoms with Crippen LogP contribution >= 0.6 is 0 Å². The molecule has 0 unspecified atom stereocenters. The normalized spacial score (nSPS) is 15.0. The molecule has 6 heteroatoms. The fourth-order valence-electron chi connectivity index (χ4n) is 2.83. The topological polar surface area (TPSA) is 95.5 Å². The van der Waals surface area contributed by atoms with Crippen LogP contribution in [0.5, 0.6) is 0 Å². The van der Waals surface area contributed by atoms with Crippen molar-refractivity contribution in [2.75, 3.05) is 6.54 Å². The Morgan fingerprint density at radius 1 is 1.09 bits per heavy atom. The molecule has 2 rings (SSSR count). The molecule has 1 aromatic rings. The van der Waals surface area contributed by atoms with Gasteiger partial charge in [-0.25, -0.2) is 4.79 Å². The monoisotopic (exact) mass is 318 g/mol. The van der Waals surface area contributed by atoms with Gasteiger partial charge in [0.2, 0.25) is 5.91 Å². The summed E-state index contributed by atoms with van der Waals surface area (Å²) in [5, 5.41) is 14.5. The highest BCUT2D eigenvalue weighted by Gasteiger charge is 2.16. The van der Waals surface area contributed by atoms with E-state index in [9.17, 15) is 14.4 Å². The molecule has 0 bridgehead atoms. The maximum atomic E-state index is 12.1. The number of carboxylic acid groups (broad SMARTS) is 1. The molecule has 0 spiro atoms. The average Bonchev–Trinajstić information content (AvgIpc) is 2.53. The van der Waals surface area contributed by atoms with Crippen molar-refractivity contribution >= 4 is 17.8 Å². The number of hydrogen-bond donors (Lipinski definition) is 3. The summed E-state index contributed by atoms with van der Waals surface area (Å²) in [5.74, 6) is -1.75. The van der Waals surface area contributed by atoms with Crippen LogP contribution in [0.4, 0.5) is 0 Å². The van der Waals surface area contributed by atoms with Crippen molar-refractivity contribution in [1.29, 1.82) is 0 Å². The molecule has 1 aromatic carbocycles. The van der Waals surface area contributed by atoms with E-state index in [-0.39, 0.29) is 29.6 Å². The van der Waals surface area contributed by atoms with E-state index in [4.69, 9.17) is 5.11 Å². The molecule has 0 saturated heterocycles. The third-order valence-electron chi connectivity index (χ3n) is 3.97. The van der Waals surface area contributed by atoms with Gasteiger partial charge in [0.05, 0.1) is 12.1 Å². The van der Waals surface area contributed by atoms with Crippen LogP contribution < -0.4 is 10.6 Å². The van der Waals surface area contributed by atoms with Crippen molar-refractivity contribution in [3.63, 3.8) is 0 Å². The number of amides is 2. The zero-order chi connectivity index (χ0) is 16.8. The van der Waals surface area contributed by atoms with Crippen LogP contribution in [0.25, 0.3) is 0 Å². The van der Waals surface area contributed by atoms with Crippen molar-refractivity contribution in [3.05, 3.63) is 34.9 Å². The molecule has 23 heavy (non-hydrogen) atoms. The van der Waals surface area contributed by atoms with Crippen LogP contribution in [0, 0.1) is 6.92 Å². The van der Waals surface area contributed by atoms with Crippen LogP contribution in [0.15, 0.2) is 18.2 Å². The fourth-order valence-corrected chi connectivity index (χ4v) is 2.83. The van der Waals surface area contributed by atoms with Crippen LogP contribution in [0.3, 0.4) is 0 Å². The predicted molar refractivity (Wildman–Crippen MR) is 85.5 cm³/mol.